The Morgan fingerprint density at radius 1 is 1.33 bits per heavy atom. The Kier molecular flexibility index (Phi) is 4.85. The number of aromatic nitrogens is 3. The number of H-pyrrole nitrogens is 1. The van der Waals surface area contributed by atoms with Crippen LogP contribution in [0.25, 0.3) is 0 Å². The van der Waals surface area contributed by atoms with Crippen molar-refractivity contribution in [3.8, 4) is 0 Å². The number of nitrogens with zero attached hydrogens (tertiary/aromatic N) is 4. The van der Waals surface area contributed by atoms with Gasteiger partial charge in [-0.25, -0.2) is 0 Å². The molecule has 1 aromatic carbocycles. The quantitative estimate of drug-likeness (QED) is 0.826. The Labute approximate surface area is 138 Å². The fraction of sp³-hybridized carbons (Fsp3) is 0.375. The van der Waals surface area contributed by atoms with E-state index in [1.54, 1.807) is 11.1 Å². The Hall–Kier alpha value is -2.74. The number of rotatable bonds is 4. The molecule has 0 radical (unpaired) electrons. The summed E-state index contributed by atoms with van der Waals surface area (Å²) < 4.78 is 5.20. The van der Waals surface area contributed by atoms with Gasteiger partial charge in [0, 0.05) is 13.1 Å². The van der Waals surface area contributed by atoms with Gasteiger partial charge >= 0.3 is 5.56 Å². The molecule has 1 fully saturated rings. The molecule has 24 heavy (non-hydrogen) atoms. The van der Waals surface area contributed by atoms with Gasteiger partial charge in [0.05, 0.1) is 19.4 Å². The van der Waals surface area contributed by atoms with Crippen LogP contribution >= 0.6 is 0 Å². The van der Waals surface area contributed by atoms with Gasteiger partial charge in [0.25, 0.3) is 5.91 Å². The summed E-state index contributed by atoms with van der Waals surface area (Å²) >= 11 is 0. The number of aromatic amines is 1. The lowest BCUT2D eigenvalue weighted by Crippen LogP contribution is -2.42. The summed E-state index contributed by atoms with van der Waals surface area (Å²) in [5, 5.41) is 10.3. The molecule has 126 valence electrons. The van der Waals surface area contributed by atoms with Gasteiger partial charge in [0.15, 0.2) is 0 Å². The summed E-state index contributed by atoms with van der Waals surface area (Å²) in [5.41, 5.74) is 1.36. The highest BCUT2D eigenvalue weighted by atomic mass is 16.5. The lowest BCUT2D eigenvalue weighted by Gasteiger charge is -2.25. The van der Waals surface area contributed by atoms with Crippen molar-refractivity contribution in [1.29, 1.82) is 0 Å². The predicted octanol–water partition coefficient (Wildman–Crippen LogP) is 0.488. The molecule has 0 saturated carbocycles. The number of carbonyl (C=O) groups excluding carboxylic acids is 1. The number of aryl methyl sites for hydroxylation is 1. The second-order valence-corrected chi connectivity index (χ2v) is 5.42. The third-order valence-electron chi connectivity index (χ3n) is 3.86. The number of benzene rings is 1. The first-order valence-corrected chi connectivity index (χ1v) is 7.86. The van der Waals surface area contributed by atoms with Crippen LogP contribution in [-0.2, 0) is 11.2 Å². The number of amides is 1. The van der Waals surface area contributed by atoms with Crippen molar-refractivity contribution in [2.75, 3.05) is 26.3 Å². The molecule has 8 heteroatoms. The summed E-state index contributed by atoms with van der Waals surface area (Å²) in [6, 6.07) is 7.85. The second kappa shape index (κ2) is 7.22. The summed E-state index contributed by atoms with van der Waals surface area (Å²) in [6.07, 6.45) is 2.51. The molecule has 1 saturated heterocycles. The average molecular weight is 329 g/mol. The van der Waals surface area contributed by atoms with Crippen LogP contribution in [0, 0.1) is 0 Å². The van der Waals surface area contributed by atoms with E-state index in [0.29, 0.717) is 26.3 Å². The van der Waals surface area contributed by atoms with Gasteiger partial charge in [-0.15, -0.1) is 9.89 Å². The van der Waals surface area contributed by atoms with Crippen LogP contribution in [-0.4, -0.2) is 58.4 Å². The topological polar surface area (TPSA) is 92.6 Å². The highest BCUT2D eigenvalue weighted by molar-refractivity contribution is 5.92. The fourth-order valence-corrected chi connectivity index (χ4v) is 2.39. The highest BCUT2D eigenvalue weighted by Gasteiger charge is 2.24. The Morgan fingerprint density at radius 2 is 2.04 bits per heavy atom. The van der Waals surface area contributed by atoms with Crippen LogP contribution in [0.1, 0.15) is 28.5 Å². The maximum atomic E-state index is 12.3. The van der Waals surface area contributed by atoms with Crippen LogP contribution in [0.3, 0.4) is 0 Å². The van der Waals surface area contributed by atoms with Gasteiger partial charge in [-0.3, -0.25) is 9.59 Å². The molecule has 3 rings (SSSR count). The molecule has 1 amide bonds. The minimum absolute atomic E-state index is 0.157. The van der Waals surface area contributed by atoms with Gasteiger partial charge in [0.2, 0.25) is 5.69 Å². The molecule has 2 heterocycles. The molecule has 1 N–H and O–H groups in total. The number of hydrogen-bond donors (Lipinski definition) is 1. The van der Waals surface area contributed by atoms with E-state index in [1.807, 2.05) is 24.3 Å². The van der Waals surface area contributed by atoms with Crippen molar-refractivity contribution in [1.82, 2.24) is 20.0 Å². The molecule has 1 aromatic heterocycles. The lowest BCUT2D eigenvalue weighted by atomic mass is 10.1. The van der Waals surface area contributed by atoms with E-state index < -0.39 is 11.5 Å². The van der Waals surface area contributed by atoms with Crippen molar-refractivity contribution in [2.24, 2.45) is 5.10 Å². The molecular formula is C16H19N5O3. The minimum atomic E-state index is -0.562. The molecule has 1 aliphatic heterocycles. The second-order valence-electron chi connectivity index (χ2n) is 5.42. The molecular weight excluding hydrogens is 310 g/mol. The van der Waals surface area contributed by atoms with Crippen molar-refractivity contribution in [3.05, 3.63) is 51.4 Å². The number of nitrogens with one attached hydrogen (secondary N) is 1. The Balaban J connectivity index is 1.75. The van der Waals surface area contributed by atoms with Crippen LogP contribution in [0.5, 0.6) is 0 Å². The van der Waals surface area contributed by atoms with Crippen molar-refractivity contribution < 1.29 is 9.53 Å². The van der Waals surface area contributed by atoms with Crippen LogP contribution in [0.4, 0.5) is 0 Å². The third kappa shape index (κ3) is 3.43. The number of carbonyl (C=O) groups is 1. The number of morpholine rings is 1. The standard InChI is InChI=1S/C16H19N5O3/c1-2-12-3-5-13(6-4-12)11-17-21-16(23)14(18-19-21)15(22)20-7-9-24-10-8-20/h3-6,11,19H,2,7-10H2,1H3. The smallest absolute Gasteiger partial charge is 0.320 e. The largest absolute Gasteiger partial charge is 0.378 e. The van der Waals surface area contributed by atoms with Gasteiger partial charge in [-0.1, -0.05) is 31.2 Å². The molecule has 0 unspecified atom stereocenters. The van der Waals surface area contributed by atoms with Gasteiger partial charge in [0.1, 0.15) is 0 Å². The normalized spacial score (nSPS) is 15.1. The molecule has 0 spiro atoms. The van der Waals surface area contributed by atoms with E-state index in [9.17, 15) is 9.59 Å². The summed E-state index contributed by atoms with van der Waals surface area (Å²) in [5.74, 6) is -0.402. The van der Waals surface area contributed by atoms with E-state index in [2.05, 4.69) is 22.3 Å². The molecule has 0 bridgehead atoms. The highest BCUT2D eigenvalue weighted by Crippen LogP contribution is 2.03. The summed E-state index contributed by atoms with van der Waals surface area (Å²) in [7, 11) is 0. The fourth-order valence-electron chi connectivity index (χ4n) is 2.39. The van der Waals surface area contributed by atoms with Gasteiger partial charge in [-0.05, 0) is 17.5 Å². The van der Waals surface area contributed by atoms with Crippen molar-refractivity contribution in [3.63, 3.8) is 0 Å². The van der Waals surface area contributed by atoms with Gasteiger partial charge in [-0.2, -0.15) is 10.3 Å². The first-order chi connectivity index (χ1) is 11.7. The van der Waals surface area contributed by atoms with Crippen LogP contribution in [0.2, 0.25) is 0 Å². The van der Waals surface area contributed by atoms with Gasteiger partial charge < -0.3 is 9.64 Å². The zero-order chi connectivity index (χ0) is 16.9. The predicted molar refractivity (Wildman–Crippen MR) is 88.4 cm³/mol. The Bertz CT molecular complexity index is 785. The minimum Gasteiger partial charge on any atom is -0.378 e. The molecule has 0 aliphatic carbocycles. The molecule has 8 nitrogen and oxygen atoms in total. The monoisotopic (exact) mass is 329 g/mol. The van der Waals surface area contributed by atoms with E-state index >= 15 is 0 Å². The van der Waals surface area contributed by atoms with E-state index in [1.165, 1.54) is 5.56 Å². The van der Waals surface area contributed by atoms with Crippen molar-refractivity contribution in [2.45, 2.75) is 13.3 Å². The van der Waals surface area contributed by atoms with Crippen LogP contribution in [0.15, 0.2) is 34.2 Å². The summed E-state index contributed by atoms with van der Waals surface area (Å²) in [4.78, 5) is 27.1. The zero-order valence-corrected chi connectivity index (χ0v) is 13.4. The lowest BCUT2D eigenvalue weighted by molar-refractivity contribution is 0.0298. The van der Waals surface area contributed by atoms with Crippen LogP contribution < -0.4 is 5.56 Å². The Morgan fingerprint density at radius 3 is 2.71 bits per heavy atom. The maximum absolute atomic E-state index is 12.3. The maximum Gasteiger partial charge on any atom is 0.320 e. The first kappa shape index (κ1) is 16.1. The number of ether oxygens (including phenoxy) is 1. The molecule has 2 aromatic rings. The SMILES string of the molecule is CCc1ccc(C=Nn2[nH]nc(C(=O)N3CCOCC3)c2=O)cc1. The van der Waals surface area contributed by atoms with Crippen molar-refractivity contribution >= 4 is 12.1 Å². The average Bonchev–Trinajstić information content (AvgIpc) is 3.01. The molecule has 0 atom stereocenters. The van der Waals surface area contributed by atoms with E-state index in [-0.39, 0.29) is 5.69 Å². The zero-order valence-electron chi connectivity index (χ0n) is 13.4. The third-order valence-corrected chi connectivity index (χ3v) is 3.86. The number of hydrogen-bond acceptors (Lipinski definition) is 5. The summed E-state index contributed by atoms with van der Waals surface area (Å²) in [6.45, 7) is 3.93. The van der Waals surface area contributed by atoms with E-state index in [0.717, 1.165) is 16.8 Å². The van der Waals surface area contributed by atoms with E-state index in [4.69, 9.17) is 4.74 Å². The molecule has 1 aliphatic rings. The first-order valence-electron chi connectivity index (χ1n) is 7.86.